The molecule has 2 atom stereocenters. The number of ether oxygens (including phenoxy) is 1. The molecule has 0 aliphatic carbocycles. The van der Waals surface area contributed by atoms with Gasteiger partial charge in [0.05, 0.1) is 11.4 Å². The summed E-state index contributed by atoms with van der Waals surface area (Å²) in [5, 5.41) is 9.31. The van der Waals surface area contributed by atoms with Gasteiger partial charge in [0.1, 0.15) is 11.9 Å². The number of alkyl halides is 1. The lowest BCUT2D eigenvalue weighted by atomic mass is 10.1. The number of nitrogens with zero attached hydrogens (tertiary/aromatic N) is 3. The summed E-state index contributed by atoms with van der Waals surface area (Å²) in [7, 11) is 0. The van der Waals surface area contributed by atoms with Gasteiger partial charge >= 0.3 is 0 Å². The van der Waals surface area contributed by atoms with E-state index in [-0.39, 0.29) is 11.6 Å². The average Bonchev–Trinajstić information content (AvgIpc) is 2.81. The molecule has 0 saturated carbocycles. The van der Waals surface area contributed by atoms with Crippen molar-refractivity contribution in [2.75, 3.05) is 0 Å². The summed E-state index contributed by atoms with van der Waals surface area (Å²) in [6.07, 6.45) is 2.57. The Morgan fingerprint density at radius 3 is 2.53 bits per heavy atom. The van der Waals surface area contributed by atoms with Crippen LogP contribution in [0.3, 0.4) is 0 Å². The van der Waals surface area contributed by atoms with Crippen LogP contribution in [0.2, 0.25) is 0 Å². The van der Waals surface area contributed by atoms with Crippen LogP contribution < -0.4 is 0 Å². The van der Waals surface area contributed by atoms with E-state index in [4.69, 9.17) is 4.74 Å². The molecule has 0 spiro atoms. The van der Waals surface area contributed by atoms with Crippen LogP contribution in [-0.2, 0) is 15.6 Å². The van der Waals surface area contributed by atoms with Gasteiger partial charge < -0.3 is 9.30 Å². The molecule has 0 aromatic carbocycles. The summed E-state index contributed by atoms with van der Waals surface area (Å²) in [5.41, 5.74) is -0.0167. The molecule has 2 heterocycles. The van der Waals surface area contributed by atoms with Gasteiger partial charge in [0, 0.05) is 5.54 Å². The zero-order valence-corrected chi connectivity index (χ0v) is 12.5. The summed E-state index contributed by atoms with van der Waals surface area (Å²) < 4.78 is 8.10. The molecule has 1 saturated heterocycles. The van der Waals surface area contributed by atoms with Gasteiger partial charge in [-0.25, -0.2) is 0 Å². The largest absolute Gasteiger partial charge is 0.367 e. The molecule has 1 fully saturated rings. The third-order valence-corrected chi connectivity index (χ3v) is 3.57. The number of halogens is 1. The molecule has 0 N–H and O–H groups in total. The fourth-order valence-electron chi connectivity index (χ4n) is 2.35. The molecule has 5 heteroatoms. The number of hydrogen-bond acceptors (Lipinski definition) is 3. The van der Waals surface area contributed by atoms with E-state index >= 15 is 0 Å². The van der Waals surface area contributed by atoms with Crippen LogP contribution in [0, 0.1) is 0 Å². The Bertz CT molecular complexity index is 397. The number of hydrogen-bond donors (Lipinski definition) is 0. The zero-order chi connectivity index (χ0) is 12.6. The predicted octanol–water partition coefficient (Wildman–Crippen LogP) is 3.17. The predicted molar refractivity (Wildman–Crippen MR) is 70.2 cm³/mol. The smallest absolute Gasteiger partial charge is 0.162 e. The van der Waals surface area contributed by atoms with Gasteiger partial charge in [-0.2, -0.15) is 0 Å². The third kappa shape index (κ3) is 2.55. The molecule has 4 nitrogen and oxygen atoms in total. The highest BCUT2D eigenvalue weighted by Crippen LogP contribution is 2.34. The van der Waals surface area contributed by atoms with Gasteiger partial charge in [-0.3, -0.25) is 0 Å². The van der Waals surface area contributed by atoms with E-state index in [9.17, 15) is 0 Å². The SMILES string of the molecule is CC1CCC(c2nnc(CBr)n2C(C)(C)C)O1. The quantitative estimate of drug-likeness (QED) is 0.788. The molecule has 1 aliphatic heterocycles. The van der Waals surface area contributed by atoms with Crippen LogP contribution in [0.5, 0.6) is 0 Å². The first-order valence-corrected chi connectivity index (χ1v) is 7.21. The van der Waals surface area contributed by atoms with Gasteiger partial charge in [0.15, 0.2) is 5.82 Å². The van der Waals surface area contributed by atoms with Crippen molar-refractivity contribution in [2.45, 2.75) is 63.6 Å². The number of rotatable bonds is 2. The van der Waals surface area contributed by atoms with Crippen molar-refractivity contribution in [3.8, 4) is 0 Å². The molecule has 2 unspecified atom stereocenters. The minimum Gasteiger partial charge on any atom is -0.367 e. The summed E-state index contributed by atoms with van der Waals surface area (Å²) in [4.78, 5) is 0. The molecular weight excluding hydrogens is 282 g/mol. The third-order valence-electron chi connectivity index (χ3n) is 3.07. The maximum absolute atomic E-state index is 5.90. The highest BCUT2D eigenvalue weighted by Gasteiger charge is 2.32. The summed E-state index contributed by atoms with van der Waals surface area (Å²) >= 11 is 3.47. The second-order valence-corrected chi connectivity index (χ2v) is 6.19. The molecule has 1 aromatic rings. The topological polar surface area (TPSA) is 39.9 Å². The fraction of sp³-hybridized carbons (Fsp3) is 0.833. The summed E-state index contributed by atoms with van der Waals surface area (Å²) in [5.74, 6) is 1.94. The standard InChI is InChI=1S/C12H20BrN3O/c1-8-5-6-9(17-8)11-15-14-10(7-13)16(11)12(2,3)4/h8-9H,5-7H2,1-4H3. The van der Waals surface area contributed by atoms with Crippen LogP contribution in [0.15, 0.2) is 0 Å². The number of aromatic nitrogens is 3. The second-order valence-electron chi connectivity index (χ2n) is 5.63. The Morgan fingerprint density at radius 1 is 1.35 bits per heavy atom. The lowest BCUT2D eigenvalue weighted by molar-refractivity contribution is 0.0454. The molecule has 1 aliphatic rings. The Balaban J connectivity index is 2.37. The Kier molecular flexibility index (Phi) is 3.59. The average molecular weight is 302 g/mol. The normalized spacial score (nSPS) is 25.5. The first kappa shape index (κ1) is 13.0. The van der Waals surface area contributed by atoms with Crippen molar-refractivity contribution >= 4 is 15.9 Å². The van der Waals surface area contributed by atoms with Gasteiger partial charge in [0.2, 0.25) is 0 Å². The monoisotopic (exact) mass is 301 g/mol. The summed E-state index contributed by atoms with van der Waals surface area (Å²) in [6.45, 7) is 8.63. The first-order chi connectivity index (χ1) is 7.93. The van der Waals surface area contributed by atoms with E-state index in [2.05, 4.69) is 58.4 Å². The van der Waals surface area contributed by atoms with Crippen LogP contribution >= 0.6 is 15.9 Å². The van der Waals surface area contributed by atoms with E-state index in [1.165, 1.54) is 0 Å². The lowest BCUT2D eigenvalue weighted by Crippen LogP contribution is -2.27. The van der Waals surface area contributed by atoms with Crippen molar-refractivity contribution in [3.63, 3.8) is 0 Å². The molecule has 1 aromatic heterocycles. The van der Waals surface area contributed by atoms with Crippen LogP contribution in [0.25, 0.3) is 0 Å². The van der Waals surface area contributed by atoms with E-state index in [0.29, 0.717) is 6.10 Å². The van der Waals surface area contributed by atoms with Gasteiger partial charge in [-0.05, 0) is 40.5 Å². The van der Waals surface area contributed by atoms with Crippen molar-refractivity contribution in [1.82, 2.24) is 14.8 Å². The van der Waals surface area contributed by atoms with E-state index in [1.807, 2.05) is 0 Å². The minimum atomic E-state index is -0.0167. The lowest BCUT2D eigenvalue weighted by Gasteiger charge is -2.26. The Hall–Kier alpha value is -0.420. The molecule has 0 radical (unpaired) electrons. The highest BCUT2D eigenvalue weighted by molar-refractivity contribution is 9.08. The van der Waals surface area contributed by atoms with E-state index < -0.39 is 0 Å². The van der Waals surface area contributed by atoms with E-state index in [1.54, 1.807) is 0 Å². The van der Waals surface area contributed by atoms with Gasteiger partial charge in [-0.15, -0.1) is 10.2 Å². The fourth-order valence-corrected chi connectivity index (χ4v) is 2.71. The maximum Gasteiger partial charge on any atom is 0.162 e. The molecule has 0 bridgehead atoms. The van der Waals surface area contributed by atoms with Crippen molar-refractivity contribution < 1.29 is 4.74 Å². The first-order valence-electron chi connectivity index (χ1n) is 6.09. The second kappa shape index (κ2) is 4.69. The van der Waals surface area contributed by atoms with Crippen LogP contribution in [-0.4, -0.2) is 20.9 Å². The van der Waals surface area contributed by atoms with Crippen LogP contribution in [0.4, 0.5) is 0 Å². The van der Waals surface area contributed by atoms with Crippen molar-refractivity contribution in [3.05, 3.63) is 11.6 Å². The molecule has 96 valence electrons. The summed E-state index contributed by atoms with van der Waals surface area (Å²) in [6, 6.07) is 0. The molecule has 0 amide bonds. The molecule has 17 heavy (non-hydrogen) atoms. The van der Waals surface area contributed by atoms with Crippen LogP contribution in [0.1, 0.15) is 58.3 Å². The minimum absolute atomic E-state index is 0.0167. The van der Waals surface area contributed by atoms with Crippen molar-refractivity contribution in [1.29, 1.82) is 0 Å². The Labute approximate surface area is 111 Å². The highest BCUT2D eigenvalue weighted by atomic mass is 79.9. The molecular formula is C12H20BrN3O. The Morgan fingerprint density at radius 2 is 2.06 bits per heavy atom. The van der Waals surface area contributed by atoms with E-state index in [0.717, 1.165) is 29.8 Å². The van der Waals surface area contributed by atoms with Gasteiger partial charge in [-0.1, -0.05) is 15.9 Å². The maximum atomic E-state index is 5.90. The van der Waals surface area contributed by atoms with Crippen molar-refractivity contribution in [2.24, 2.45) is 0 Å². The van der Waals surface area contributed by atoms with Gasteiger partial charge in [0.25, 0.3) is 0 Å². The zero-order valence-electron chi connectivity index (χ0n) is 10.9. The molecule has 2 rings (SSSR count).